The van der Waals surface area contributed by atoms with Crippen molar-refractivity contribution in [3.8, 4) is 0 Å². The Labute approximate surface area is 149 Å². The van der Waals surface area contributed by atoms with Gasteiger partial charge in [0.05, 0.1) is 5.02 Å². The zero-order chi connectivity index (χ0) is 17.8. The van der Waals surface area contributed by atoms with Crippen molar-refractivity contribution >= 4 is 40.3 Å². The Balaban J connectivity index is 1.55. The van der Waals surface area contributed by atoms with Gasteiger partial charge in [-0.2, -0.15) is 0 Å². The molecule has 132 valence electrons. The number of rotatable bonds is 4. The Bertz CT molecular complexity index is 809. The predicted octanol–water partition coefficient (Wildman–Crippen LogP) is 3.20. The number of imide groups is 1. The largest absolute Gasteiger partial charge is 0.451 e. The molecule has 0 unspecified atom stereocenters. The molecule has 0 spiro atoms. The van der Waals surface area contributed by atoms with Gasteiger partial charge in [-0.15, -0.1) is 0 Å². The van der Waals surface area contributed by atoms with Crippen LogP contribution in [0.15, 0.2) is 24.3 Å². The molecule has 0 radical (unpaired) electrons. The third kappa shape index (κ3) is 4.02. The van der Waals surface area contributed by atoms with Gasteiger partial charge in [0, 0.05) is 16.8 Å². The summed E-state index contributed by atoms with van der Waals surface area (Å²) in [6, 6.07) is 7.18. The first-order valence-electron chi connectivity index (χ1n) is 8.33. The number of aromatic amines is 1. The maximum atomic E-state index is 12.1. The zero-order valence-electron chi connectivity index (χ0n) is 13.6. The number of benzene rings is 1. The molecule has 0 bridgehead atoms. The summed E-state index contributed by atoms with van der Waals surface area (Å²) < 4.78 is 4.97. The number of carbonyl (C=O) groups excluding carboxylic acids is 3. The molecule has 1 aromatic carbocycles. The number of carbonyl (C=O) groups is 3. The smallest absolute Gasteiger partial charge is 0.356 e. The van der Waals surface area contributed by atoms with E-state index in [1.807, 2.05) is 12.1 Å². The van der Waals surface area contributed by atoms with E-state index in [1.54, 1.807) is 12.1 Å². The fraction of sp³-hybridized carbons (Fsp3) is 0.389. The van der Waals surface area contributed by atoms with Gasteiger partial charge in [-0.3, -0.25) is 14.9 Å². The molecule has 1 heterocycles. The number of amides is 2. The van der Waals surface area contributed by atoms with Crippen LogP contribution in [0.1, 0.15) is 42.6 Å². The van der Waals surface area contributed by atoms with Crippen molar-refractivity contribution in [2.24, 2.45) is 5.92 Å². The summed E-state index contributed by atoms with van der Waals surface area (Å²) >= 11 is 6.17. The van der Waals surface area contributed by atoms with Crippen LogP contribution < -0.4 is 5.32 Å². The van der Waals surface area contributed by atoms with Gasteiger partial charge in [0.1, 0.15) is 5.69 Å². The highest BCUT2D eigenvalue weighted by Gasteiger charge is 2.23. The molecule has 1 aliphatic rings. The van der Waals surface area contributed by atoms with Crippen LogP contribution in [0.4, 0.5) is 0 Å². The number of fused-ring (bicyclic) bond motifs is 1. The van der Waals surface area contributed by atoms with E-state index in [1.165, 1.54) is 0 Å². The van der Waals surface area contributed by atoms with Crippen molar-refractivity contribution in [2.45, 2.75) is 32.1 Å². The fourth-order valence-corrected chi connectivity index (χ4v) is 3.38. The van der Waals surface area contributed by atoms with Gasteiger partial charge in [0.25, 0.3) is 5.91 Å². The average molecular weight is 363 g/mol. The normalized spacial score (nSPS) is 15.1. The summed E-state index contributed by atoms with van der Waals surface area (Å²) in [4.78, 5) is 38.8. The van der Waals surface area contributed by atoms with Gasteiger partial charge >= 0.3 is 5.97 Å². The Hall–Kier alpha value is -2.34. The van der Waals surface area contributed by atoms with Crippen molar-refractivity contribution in [2.75, 3.05) is 6.61 Å². The number of H-pyrrole nitrogens is 1. The molecule has 0 atom stereocenters. The molecule has 2 amide bonds. The minimum Gasteiger partial charge on any atom is -0.451 e. The third-order valence-corrected chi connectivity index (χ3v) is 4.81. The van der Waals surface area contributed by atoms with Crippen LogP contribution in [0.2, 0.25) is 5.02 Å². The second-order valence-electron chi connectivity index (χ2n) is 6.18. The van der Waals surface area contributed by atoms with Crippen LogP contribution in [0.3, 0.4) is 0 Å². The molecule has 7 heteroatoms. The van der Waals surface area contributed by atoms with Crippen molar-refractivity contribution in [3.63, 3.8) is 0 Å². The van der Waals surface area contributed by atoms with Crippen LogP contribution in [0.25, 0.3) is 10.9 Å². The van der Waals surface area contributed by atoms with Gasteiger partial charge < -0.3 is 9.72 Å². The lowest BCUT2D eigenvalue weighted by Gasteiger charge is -2.20. The lowest BCUT2D eigenvalue weighted by atomic mass is 9.89. The highest BCUT2D eigenvalue weighted by molar-refractivity contribution is 6.38. The average Bonchev–Trinajstić information content (AvgIpc) is 2.97. The highest BCUT2D eigenvalue weighted by Crippen LogP contribution is 2.27. The van der Waals surface area contributed by atoms with Gasteiger partial charge in [-0.25, -0.2) is 4.79 Å². The summed E-state index contributed by atoms with van der Waals surface area (Å²) in [5, 5.41) is 3.25. The van der Waals surface area contributed by atoms with Crippen molar-refractivity contribution in [1.29, 1.82) is 0 Å². The Morgan fingerprint density at radius 3 is 2.60 bits per heavy atom. The number of halogens is 1. The van der Waals surface area contributed by atoms with Crippen molar-refractivity contribution < 1.29 is 19.1 Å². The first kappa shape index (κ1) is 17.5. The molecular formula is C18H19ClN2O4. The SMILES string of the molecule is O=C(COC(=O)c1[nH]c2ccccc2c1Cl)NC(=O)C1CCCCC1. The third-order valence-electron chi connectivity index (χ3n) is 4.42. The van der Waals surface area contributed by atoms with Crippen molar-refractivity contribution in [1.82, 2.24) is 10.3 Å². The summed E-state index contributed by atoms with van der Waals surface area (Å²) in [5.41, 5.74) is 0.797. The fourth-order valence-electron chi connectivity index (χ4n) is 3.09. The van der Waals surface area contributed by atoms with Gasteiger partial charge in [-0.1, -0.05) is 49.1 Å². The van der Waals surface area contributed by atoms with E-state index >= 15 is 0 Å². The molecule has 25 heavy (non-hydrogen) atoms. The number of nitrogens with one attached hydrogen (secondary N) is 2. The van der Waals surface area contributed by atoms with E-state index in [0.717, 1.165) is 32.1 Å². The number of esters is 1. The number of para-hydroxylation sites is 1. The number of ether oxygens (including phenoxy) is 1. The molecule has 0 saturated heterocycles. The lowest BCUT2D eigenvalue weighted by molar-refractivity contribution is -0.135. The van der Waals surface area contributed by atoms with Crippen LogP contribution in [-0.2, 0) is 14.3 Å². The first-order valence-corrected chi connectivity index (χ1v) is 8.71. The van der Waals surface area contributed by atoms with Crippen LogP contribution in [0, 0.1) is 5.92 Å². The lowest BCUT2D eigenvalue weighted by Crippen LogP contribution is -2.38. The quantitative estimate of drug-likeness (QED) is 0.817. The molecule has 1 saturated carbocycles. The molecule has 1 fully saturated rings. The highest BCUT2D eigenvalue weighted by atomic mass is 35.5. The molecule has 2 N–H and O–H groups in total. The summed E-state index contributed by atoms with van der Waals surface area (Å²) in [6.45, 7) is -0.525. The Morgan fingerprint density at radius 1 is 1.16 bits per heavy atom. The molecule has 6 nitrogen and oxygen atoms in total. The van der Waals surface area contributed by atoms with Crippen molar-refractivity contribution in [3.05, 3.63) is 35.0 Å². The number of aromatic nitrogens is 1. The summed E-state index contributed by atoms with van der Waals surface area (Å²) in [5.74, 6) is -1.78. The van der Waals surface area contributed by atoms with Crippen LogP contribution in [-0.4, -0.2) is 29.4 Å². The second-order valence-corrected chi connectivity index (χ2v) is 6.56. The molecule has 3 rings (SSSR count). The summed E-state index contributed by atoms with van der Waals surface area (Å²) in [7, 11) is 0. The second kappa shape index (κ2) is 7.70. The Kier molecular flexibility index (Phi) is 5.38. The first-order chi connectivity index (χ1) is 12.1. The van der Waals surface area contributed by atoms with Gasteiger partial charge in [0.2, 0.25) is 5.91 Å². The van der Waals surface area contributed by atoms with E-state index in [0.29, 0.717) is 10.9 Å². The van der Waals surface area contributed by atoms with Gasteiger partial charge in [0.15, 0.2) is 6.61 Å². The Morgan fingerprint density at radius 2 is 1.88 bits per heavy atom. The number of hydrogen-bond acceptors (Lipinski definition) is 4. The molecule has 2 aromatic rings. The zero-order valence-corrected chi connectivity index (χ0v) is 14.4. The van der Waals surface area contributed by atoms with E-state index in [-0.39, 0.29) is 22.5 Å². The van der Waals surface area contributed by atoms with E-state index < -0.39 is 18.5 Å². The van der Waals surface area contributed by atoms with Gasteiger partial charge in [-0.05, 0) is 18.9 Å². The summed E-state index contributed by atoms with van der Waals surface area (Å²) in [6.07, 6.45) is 4.72. The predicted molar refractivity (Wildman–Crippen MR) is 93.3 cm³/mol. The minimum atomic E-state index is -0.735. The number of hydrogen-bond donors (Lipinski definition) is 2. The van der Waals surface area contributed by atoms with Crippen LogP contribution in [0.5, 0.6) is 0 Å². The van der Waals surface area contributed by atoms with E-state index in [9.17, 15) is 14.4 Å². The molecular weight excluding hydrogens is 344 g/mol. The molecule has 1 aromatic heterocycles. The topological polar surface area (TPSA) is 88.3 Å². The maximum absolute atomic E-state index is 12.1. The standard InChI is InChI=1S/C18H19ClN2O4/c19-15-12-8-4-5-9-13(12)20-16(15)18(24)25-10-14(22)21-17(23)11-6-2-1-3-7-11/h4-5,8-9,11,20H,1-3,6-7,10H2,(H,21,22,23). The minimum absolute atomic E-state index is 0.0919. The van der Waals surface area contributed by atoms with E-state index in [2.05, 4.69) is 10.3 Å². The molecule has 1 aliphatic carbocycles. The molecule has 0 aliphatic heterocycles. The maximum Gasteiger partial charge on any atom is 0.356 e. The van der Waals surface area contributed by atoms with E-state index in [4.69, 9.17) is 16.3 Å². The monoisotopic (exact) mass is 362 g/mol. The van der Waals surface area contributed by atoms with Crippen LogP contribution >= 0.6 is 11.6 Å².